The molecular weight excluding hydrogens is 392 g/mol. The van der Waals surface area contributed by atoms with Crippen LogP contribution < -0.4 is 5.32 Å². The van der Waals surface area contributed by atoms with Gasteiger partial charge in [-0.1, -0.05) is 19.9 Å². The Morgan fingerprint density at radius 2 is 2.16 bits per heavy atom. The summed E-state index contributed by atoms with van der Waals surface area (Å²) >= 11 is 0. The molecule has 1 amide bonds. The number of aromatic amines is 1. The van der Waals surface area contributed by atoms with E-state index in [9.17, 15) is 9.90 Å². The number of carboxylic acid groups (broad SMARTS) is 1. The van der Waals surface area contributed by atoms with Crippen LogP contribution in [0.25, 0.3) is 22.2 Å². The number of nitrogens with one attached hydrogen (secondary N) is 2. The van der Waals surface area contributed by atoms with E-state index >= 15 is 0 Å². The SMILES string of the molecule is CC(C)c1c[nH]c2ncc(-c3cc4c(c([C@@H]5COCCN5C(=O)O)c3)CNCC4)cc12. The van der Waals surface area contributed by atoms with E-state index in [1.54, 1.807) is 0 Å². The molecule has 3 aromatic rings. The van der Waals surface area contributed by atoms with Crippen molar-refractivity contribution in [3.05, 3.63) is 52.8 Å². The molecule has 162 valence electrons. The van der Waals surface area contributed by atoms with Gasteiger partial charge in [0.05, 0.1) is 19.3 Å². The Morgan fingerprint density at radius 3 is 2.97 bits per heavy atom. The number of carbonyl (C=O) groups is 1. The van der Waals surface area contributed by atoms with Gasteiger partial charge < -0.3 is 20.1 Å². The van der Waals surface area contributed by atoms with Crippen molar-refractivity contribution in [3.8, 4) is 11.1 Å². The summed E-state index contributed by atoms with van der Waals surface area (Å²) in [6, 6.07) is 6.30. The molecular formula is C24H28N4O3. The highest BCUT2D eigenvalue weighted by molar-refractivity contribution is 5.85. The minimum atomic E-state index is -0.895. The molecule has 31 heavy (non-hydrogen) atoms. The van der Waals surface area contributed by atoms with E-state index in [2.05, 4.69) is 47.3 Å². The maximum Gasteiger partial charge on any atom is 0.407 e. The second kappa shape index (κ2) is 7.98. The van der Waals surface area contributed by atoms with Crippen molar-refractivity contribution in [2.75, 3.05) is 26.3 Å². The molecule has 5 rings (SSSR count). The van der Waals surface area contributed by atoms with Crippen molar-refractivity contribution >= 4 is 17.1 Å². The number of amides is 1. The fourth-order valence-corrected chi connectivity index (χ4v) is 4.85. The molecule has 0 bridgehead atoms. The quantitative estimate of drug-likeness (QED) is 0.595. The topological polar surface area (TPSA) is 90.5 Å². The van der Waals surface area contributed by atoms with Gasteiger partial charge in [0.25, 0.3) is 0 Å². The van der Waals surface area contributed by atoms with Gasteiger partial charge in [-0.2, -0.15) is 0 Å². The zero-order valence-corrected chi connectivity index (χ0v) is 17.9. The highest BCUT2D eigenvalue weighted by Gasteiger charge is 2.31. The first-order valence-corrected chi connectivity index (χ1v) is 10.9. The summed E-state index contributed by atoms with van der Waals surface area (Å²) in [6.45, 7) is 7.25. The number of hydrogen-bond acceptors (Lipinski definition) is 4. The lowest BCUT2D eigenvalue weighted by atomic mass is 9.87. The van der Waals surface area contributed by atoms with Crippen molar-refractivity contribution in [2.24, 2.45) is 0 Å². The Kier molecular flexibility index (Phi) is 5.16. The number of aromatic nitrogens is 2. The number of H-pyrrole nitrogens is 1. The largest absolute Gasteiger partial charge is 0.465 e. The van der Waals surface area contributed by atoms with E-state index in [0.717, 1.165) is 47.2 Å². The van der Waals surface area contributed by atoms with Crippen molar-refractivity contribution in [3.63, 3.8) is 0 Å². The molecule has 1 aromatic carbocycles. The van der Waals surface area contributed by atoms with Gasteiger partial charge in [0.2, 0.25) is 0 Å². The van der Waals surface area contributed by atoms with Gasteiger partial charge >= 0.3 is 6.09 Å². The molecule has 0 unspecified atom stereocenters. The molecule has 0 saturated carbocycles. The predicted molar refractivity (Wildman–Crippen MR) is 119 cm³/mol. The molecule has 1 saturated heterocycles. The first-order valence-electron chi connectivity index (χ1n) is 10.9. The molecule has 2 aromatic heterocycles. The predicted octanol–water partition coefficient (Wildman–Crippen LogP) is 4.05. The lowest BCUT2D eigenvalue weighted by molar-refractivity contribution is -0.00123. The first-order chi connectivity index (χ1) is 15.0. The summed E-state index contributed by atoms with van der Waals surface area (Å²) in [4.78, 5) is 21.4. The molecule has 0 aliphatic carbocycles. The second-order valence-corrected chi connectivity index (χ2v) is 8.72. The normalized spacial score (nSPS) is 19.1. The molecule has 4 heterocycles. The van der Waals surface area contributed by atoms with Crippen LogP contribution in [0, 0.1) is 0 Å². The molecule has 7 nitrogen and oxygen atoms in total. The van der Waals surface area contributed by atoms with E-state index in [0.29, 0.717) is 25.7 Å². The van der Waals surface area contributed by atoms with Gasteiger partial charge in [-0.25, -0.2) is 9.78 Å². The Labute approximate surface area is 181 Å². The van der Waals surface area contributed by atoms with Gasteiger partial charge in [-0.3, -0.25) is 4.90 Å². The van der Waals surface area contributed by atoms with E-state index < -0.39 is 6.09 Å². The fraction of sp³-hybridized carbons (Fsp3) is 0.417. The molecule has 0 spiro atoms. The molecule has 0 radical (unpaired) electrons. The van der Waals surface area contributed by atoms with Gasteiger partial charge in [-0.15, -0.1) is 0 Å². The standard InChI is InChI=1S/C24H28N4O3/c1-14(2)20-12-27-23-19(20)9-17(10-26-23)16-7-15-3-4-25-11-21(15)18(8-16)22-13-31-6-5-28(22)24(29)30/h7-10,12,14,22,25H,3-6,11,13H2,1-2H3,(H,26,27)(H,29,30)/t22-/m0/s1. The van der Waals surface area contributed by atoms with Crippen LogP contribution in [-0.2, 0) is 17.7 Å². The van der Waals surface area contributed by atoms with Crippen LogP contribution >= 0.6 is 0 Å². The number of hydrogen-bond donors (Lipinski definition) is 3. The van der Waals surface area contributed by atoms with E-state index in [-0.39, 0.29) is 6.04 Å². The number of fused-ring (bicyclic) bond motifs is 2. The summed E-state index contributed by atoms with van der Waals surface area (Å²) in [7, 11) is 0. The molecule has 7 heteroatoms. The number of pyridine rings is 1. The summed E-state index contributed by atoms with van der Waals surface area (Å²) in [6.07, 6.45) is 3.98. The van der Waals surface area contributed by atoms with Gasteiger partial charge in [0.1, 0.15) is 5.65 Å². The third-order valence-corrected chi connectivity index (χ3v) is 6.50. The maximum atomic E-state index is 11.9. The van der Waals surface area contributed by atoms with Crippen molar-refractivity contribution in [1.29, 1.82) is 0 Å². The van der Waals surface area contributed by atoms with E-state index in [1.807, 2.05) is 12.4 Å². The van der Waals surface area contributed by atoms with Crippen LogP contribution in [0.1, 0.15) is 48.1 Å². The average Bonchev–Trinajstić information content (AvgIpc) is 3.22. The number of benzene rings is 1. The monoisotopic (exact) mass is 420 g/mol. The van der Waals surface area contributed by atoms with Gasteiger partial charge in [-0.05, 0) is 58.8 Å². The number of rotatable bonds is 3. The van der Waals surface area contributed by atoms with Crippen molar-refractivity contribution in [2.45, 2.75) is 38.8 Å². The first kappa shape index (κ1) is 20.0. The highest BCUT2D eigenvalue weighted by Crippen LogP contribution is 2.36. The molecule has 1 fully saturated rings. The van der Waals surface area contributed by atoms with Crippen LogP contribution in [0.2, 0.25) is 0 Å². The fourth-order valence-electron chi connectivity index (χ4n) is 4.85. The van der Waals surface area contributed by atoms with Crippen molar-refractivity contribution < 1.29 is 14.6 Å². The molecule has 1 atom stereocenters. The number of ether oxygens (including phenoxy) is 1. The Bertz CT molecular complexity index is 1140. The Balaban J connectivity index is 1.65. The number of morpholine rings is 1. The Hall–Kier alpha value is -2.90. The lowest BCUT2D eigenvalue weighted by Gasteiger charge is -2.36. The summed E-state index contributed by atoms with van der Waals surface area (Å²) in [5, 5.41) is 14.4. The smallest absolute Gasteiger partial charge is 0.407 e. The Morgan fingerprint density at radius 1 is 1.29 bits per heavy atom. The van der Waals surface area contributed by atoms with Crippen LogP contribution in [0.15, 0.2) is 30.6 Å². The zero-order chi connectivity index (χ0) is 21.5. The molecule has 2 aliphatic heterocycles. The van der Waals surface area contributed by atoms with Crippen LogP contribution in [0.5, 0.6) is 0 Å². The van der Waals surface area contributed by atoms with Gasteiger partial charge in [0, 0.05) is 36.4 Å². The second-order valence-electron chi connectivity index (χ2n) is 8.72. The van der Waals surface area contributed by atoms with Crippen LogP contribution in [-0.4, -0.2) is 52.4 Å². The van der Waals surface area contributed by atoms with E-state index in [4.69, 9.17) is 4.74 Å². The van der Waals surface area contributed by atoms with Crippen LogP contribution in [0.3, 0.4) is 0 Å². The van der Waals surface area contributed by atoms with Gasteiger partial charge in [0.15, 0.2) is 0 Å². The summed E-state index contributed by atoms with van der Waals surface area (Å²) in [5.74, 6) is 0.402. The average molecular weight is 421 g/mol. The third-order valence-electron chi connectivity index (χ3n) is 6.50. The maximum absolute atomic E-state index is 11.9. The molecule has 3 N–H and O–H groups in total. The minimum Gasteiger partial charge on any atom is -0.465 e. The highest BCUT2D eigenvalue weighted by atomic mass is 16.5. The molecule has 2 aliphatic rings. The third kappa shape index (κ3) is 3.58. The summed E-state index contributed by atoms with van der Waals surface area (Å²) < 4.78 is 5.70. The summed E-state index contributed by atoms with van der Waals surface area (Å²) in [5.41, 5.74) is 7.81. The zero-order valence-electron chi connectivity index (χ0n) is 17.9. The lowest BCUT2D eigenvalue weighted by Crippen LogP contribution is -2.43. The number of nitrogens with zero attached hydrogens (tertiary/aromatic N) is 2. The minimum absolute atomic E-state index is 0.296. The van der Waals surface area contributed by atoms with Crippen molar-refractivity contribution in [1.82, 2.24) is 20.2 Å². The van der Waals surface area contributed by atoms with E-state index in [1.165, 1.54) is 21.6 Å². The van der Waals surface area contributed by atoms with Crippen LogP contribution in [0.4, 0.5) is 4.79 Å².